The number of anilines is 1. The summed E-state index contributed by atoms with van der Waals surface area (Å²) in [5.41, 5.74) is 3.84. The van der Waals surface area contributed by atoms with Gasteiger partial charge in [-0.1, -0.05) is 30.7 Å². The maximum atomic E-state index is 12.7. The topological polar surface area (TPSA) is 108 Å². The summed E-state index contributed by atoms with van der Waals surface area (Å²) in [6.45, 7) is 7.98. The van der Waals surface area contributed by atoms with Gasteiger partial charge in [-0.25, -0.2) is 0 Å². The lowest BCUT2D eigenvalue weighted by molar-refractivity contribution is -0.389. The fourth-order valence-electron chi connectivity index (χ4n) is 3.20. The van der Waals surface area contributed by atoms with Crippen LogP contribution in [0.1, 0.15) is 29.6 Å². The third-order valence-corrected chi connectivity index (χ3v) is 5.14. The number of carbonyl (C=O) groups excluding carboxylic acids is 1. The van der Waals surface area contributed by atoms with Crippen molar-refractivity contribution in [3.05, 3.63) is 68.1 Å². The first-order valence-corrected chi connectivity index (χ1v) is 9.81. The van der Waals surface area contributed by atoms with Crippen LogP contribution < -0.4 is 5.32 Å². The monoisotopic (exact) mass is 430 g/mol. The SMILES string of the molecule is Cc1nn(Cc2cccc(Cl)c2)c(C)c1NC(=O)C(C)Cn1nc([N+](=O)[O-])cc1C. The molecule has 0 bridgehead atoms. The third-order valence-electron chi connectivity index (χ3n) is 4.90. The summed E-state index contributed by atoms with van der Waals surface area (Å²) in [5.74, 6) is -0.881. The standard InChI is InChI=1S/C20H23ClN6O3/c1-12(10-25-13(2)8-18(24-25)27(29)30)20(28)22-19-14(3)23-26(15(19)4)11-16-6-5-7-17(21)9-16/h5-9,12H,10-11H2,1-4H3,(H,22,28). The minimum Gasteiger partial charge on any atom is -0.358 e. The molecule has 0 aliphatic rings. The van der Waals surface area contributed by atoms with E-state index in [1.165, 1.54) is 10.7 Å². The van der Waals surface area contributed by atoms with E-state index >= 15 is 0 Å². The van der Waals surface area contributed by atoms with E-state index in [-0.39, 0.29) is 18.3 Å². The molecule has 2 heterocycles. The number of nitrogens with one attached hydrogen (secondary N) is 1. The van der Waals surface area contributed by atoms with Crippen LogP contribution in [0.15, 0.2) is 30.3 Å². The Kier molecular flexibility index (Phi) is 6.21. The molecule has 1 atom stereocenters. The highest BCUT2D eigenvalue weighted by molar-refractivity contribution is 6.30. The first kappa shape index (κ1) is 21.5. The van der Waals surface area contributed by atoms with Crippen molar-refractivity contribution in [2.24, 2.45) is 5.92 Å². The molecule has 3 rings (SSSR count). The van der Waals surface area contributed by atoms with E-state index in [1.54, 1.807) is 13.8 Å². The third kappa shape index (κ3) is 4.68. The fraction of sp³-hybridized carbons (Fsp3) is 0.350. The quantitative estimate of drug-likeness (QED) is 0.452. The Morgan fingerprint density at radius 3 is 2.60 bits per heavy atom. The first-order valence-electron chi connectivity index (χ1n) is 9.44. The van der Waals surface area contributed by atoms with Crippen molar-refractivity contribution >= 4 is 29.0 Å². The predicted octanol–water partition coefficient (Wildman–Crippen LogP) is 3.89. The van der Waals surface area contributed by atoms with Crippen LogP contribution >= 0.6 is 11.6 Å². The van der Waals surface area contributed by atoms with Gasteiger partial charge >= 0.3 is 5.82 Å². The summed E-state index contributed by atoms with van der Waals surface area (Å²) in [4.78, 5) is 23.1. The molecule has 9 nitrogen and oxygen atoms in total. The van der Waals surface area contributed by atoms with Gasteiger partial charge in [-0.3, -0.25) is 9.48 Å². The highest BCUT2D eigenvalue weighted by Crippen LogP contribution is 2.22. The minimum atomic E-state index is -0.546. The maximum absolute atomic E-state index is 12.7. The van der Waals surface area contributed by atoms with Crippen LogP contribution in [0.2, 0.25) is 5.02 Å². The summed E-state index contributed by atoms with van der Waals surface area (Å²) in [6, 6.07) is 8.93. The molecule has 1 amide bonds. The second kappa shape index (κ2) is 8.66. The van der Waals surface area contributed by atoms with Gasteiger partial charge in [-0.05, 0) is 43.4 Å². The molecular formula is C20H23ClN6O3. The van der Waals surface area contributed by atoms with Gasteiger partial charge in [0.15, 0.2) is 0 Å². The van der Waals surface area contributed by atoms with E-state index in [9.17, 15) is 14.9 Å². The van der Waals surface area contributed by atoms with Crippen LogP contribution in [0.4, 0.5) is 11.5 Å². The lowest BCUT2D eigenvalue weighted by Crippen LogP contribution is -2.25. The number of hydrogen-bond donors (Lipinski definition) is 1. The number of nitrogens with zero attached hydrogens (tertiary/aromatic N) is 5. The van der Waals surface area contributed by atoms with E-state index in [1.807, 2.05) is 42.8 Å². The molecular weight excluding hydrogens is 408 g/mol. The number of halogens is 1. The predicted molar refractivity (Wildman–Crippen MR) is 114 cm³/mol. The average Bonchev–Trinajstić information content (AvgIpc) is 3.16. The second-order valence-corrected chi connectivity index (χ2v) is 7.74. The number of nitro groups is 1. The molecule has 3 aromatic rings. The summed E-state index contributed by atoms with van der Waals surface area (Å²) in [7, 11) is 0. The van der Waals surface area contributed by atoms with Gasteiger partial charge in [-0.15, -0.1) is 0 Å². The smallest absolute Gasteiger partial charge is 0.358 e. The normalized spacial score (nSPS) is 12.0. The van der Waals surface area contributed by atoms with E-state index in [4.69, 9.17) is 11.6 Å². The number of aromatic nitrogens is 4. The highest BCUT2D eigenvalue weighted by Gasteiger charge is 2.22. The Morgan fingerprint density at radius 2 is 1.97 bits per heavy atom. The van der Waals surface area contributed by atoms with Crippen molar-refractivity contribution < 1.29 is 9.72 Å². The van der Waals surface area contributed by atoms with Crippen LogP contribution in [0, 0.1) is 36.8 Å². The molecule has 1 N–H and O–H groups in total. The maximum Gasteiger partial charge on any atom is 0.390 e. The molecule has 0 spiro atoms. The summed E-state index contributed by atoms with van der Waals surface area (Å²) < 4.78 is 3.30. The summed E-state index contributed by atoms with van der Waals surface area (Å²) >= 11 is 6.06. The van der Waals surface area contributed by atoms with Crippen LogP contribution in [-0.4, -0.2) is 30.4 Å². The molecule has 1 unspecified atom stereocenters. The van der Waals surface area contributed by atoms with E-state index in [0.29, 0.717) is 28.6 Å². The Balaban J connectivity index is 1.72. The van der Waals surface area contributed by atoms with Crippen molar-refractivity contribution in [2.45, 2.75) is 40.8 Å². The van der Waals surface area contributed by atoms with Crippen molar-refractivity contribution in [1.82, 2.24) is 19.6 Å². The van der Waals surface area contributed by atoms with E-state index in [0.717, 1.165) is 11.3 Å². The number of hydrogen-bond acceptors (Lipinski definition) is 5. The largest absolute Gasteiger partial charge is 0.390 e. The molecule has 158 valence electrons. The van der Waals surface area contributed by atoms with Crippen LogP contribution in [0.25, 0.3) is 0 Å². The molecule has 0 aliphatic carbocycles. The minimum absolute atomic E-state index is 0.207. The first-order chi connectivity index (χ1) is 14.2. The van der Waals surface area contributed by atoms with Crippen LogP contribution in [-0.2, 0) is 17.9 Å². The second-order valence-electron chi connectivity index (χ2n) is 7.31. The average molecular weight is 431 g/mol. The van der Waals surface area contributed by atoms with Gasteiger partial charge in [0, 0.05) is 5.02 Å². The zero-order chi connectivity index (χ0) is 22.0. The molecule has 30 heavy (non-hydrogen) atoms. The Hall–Kier alpha value is -3.20. The van der Waals surface area contributed by atoms with Crippen LogP contribution in [0.3, 0.4) is 0 Å². The molecule has 2 aromatic heterocycles. The van der Waals surface area contributed by atoms with Crippen molar-refractivity contribution in [1.29, 1.82) is 0 Å². The Labute approximate surface area is 178 Å². The van der Waals surface area contributed by atoms with Crippen molar-refractivity contribution in [3.8, 4) is 0 Å². The van der Waals surface area contributed by atoms with E-state index in [2.05, 4.69) is 15.5 Å². The van der Waals surface area contributed by atoms with Crippen molar-refractivity contribution in [3.63, 3.8) is 0 Å². The molecule has 10 heteroatoms. The van der Waals surface area contributed by atoms with Gasteiger partial charge < -0.3 is 15.4 Å². The number of carbonyl (C=O) groups is 1. The number of rotatable bonds is 7. The number of amides is 1. The summed E-state index contributed by atoms with van der Waals surface area (Å²) in [6.07, 6.45) is 0. The number of benzene rings is 1. The molecule has 0 aliphatic heterocycles. The van der Waals surface area contributed by atoms with Gasteiger partial charge in [0.25, 0.3) is 0 Å². The number of aryl methyl sites for hydroxylation is 2. The summed E-state index contributed by atoms with van der Waals surface area (Å²) in [5, 5.41) is 23.0. The molecule has 0 radical (unpaired) electrons. The lowest BCUT2D eigenvalue weighted by Gasteiger charge is -2.12. The molecule has 0 saturated carbocycles. The molecule has 0 fully saturated rings. The fourth-order valence-corrected chi connectivity index (χ4v) is 3.41. The van der Waals surface area contributed by atoms with Crippen molar-refractivity contribution in [2.75, 3.05) is 5.32 Å². The van der Waals surface area contributed by atoms with Gasteiger partial charge in [0.05, 0.1) is 52.9 Å². The zero-order valence-corrected chi connectivity index (χ0v) is 18.0. The molecule has 0 saturated heterocycles. The highest BCUT2D eigenvalue weighted by atomic mass is 35.5. The molecule has 1 aromatic carbocycles. The lowest BCUT2D eigenvalue weighted by atomic mass is 10.1. The van der Waals surface area contributed by atoms with Gasteiger partial charge in [-0.2, -0.15) is 9.78 Å². The van der Waals surface area contributed by atoms with E-state index < -0.39 is 10.8 Å². The Bertz CT molecular complexity index is 1100. The Morgan fingerprint density at radius 1 is 1.23 bits per heavy atom. The van der Waals surface area contributed by atoms with Gasteiger partial charge in [0.2, 0.25) is 5.91 Å². The van der Waals surface area contributed by atoms with Gasteiger partial charge in [0.1, 0.15) is 0 Å². The van der Waals surface area contributed by atoms with Crippen LogP contribution in [0.5, 0.6) is 0 Å². The zero-order valence-electron chi connectivity index (χ0n) is 17.2.